The van der Waals surface area contributed by atoms with Gasteiger partial charge in [-0.1, -0.05) is 19.1 Å². The topological polar surface area (TPSA) is 84.5 Å². The van der Waals surface area contributed by atoms with E-state index < -0.39 is 17.8 Å². The van der Waals surface area contributed by atoms with Crippen molar-refractivity contribution >= 4 is 23.5 Å². The first-order valence-electron chi connectivity index (χ1n) is 6.45. The number of hydrogen-bond donors (Lipinski definition) is 2. The number of esters is 1. The fourth-order valence-corrected chi connectivity index (χ4v) is 1.48. The number of hydrogen-bond acceptors (Lipinski definition) is 4. The molecular weight excluding hydrogens is 260 g/mol. The lowest BCUT2D eigenvalue weighted by Gasteiger charge is -2.10. The Balaban J connectivity index is 2.79. The van der Waals surface area contributed by atoms with E-state index in [0.717, 1.165) is 6.42 Å². The molecule has 0 spiro atoms. The molecule has 0 saturated carbocycles. The van der Waals surface area contributed by atoms with E-state index in [2.05, 4.69) is 10.6 Å². The molecule has 0 aliphatic rings. The van der Waals surface area contributed by atoms with Crippen LogP contribution < -0.4 is 10.6 Å². The minimum Gasteiger partial charge on any atom is -0.462 e. The first-order valence-corrected chi connectivity index (χ1v) is 6.45. The monoisotopic (exact) mass is 278 g/mol. The van der Waals surface area contributed by atoms with Gasteiger partial charge in [-0.15, -0.1) is 0 Å². The van der Waals surface area contributed by atoms with Gasteiger partial charge in [-0.3, -0.25) is 9.59 Å². The van der Waals surface area contributed by atoms with Gasteiger partial charge in [0.2, 0.25) is 0 Å². The Hall–Kier alpha value is -2.37. The third kappa shape index (κ3) is 4.38. The van der Waals surface area contributed by atoms with Crippen LogP contribution in [-0.2, 0) is 14.3 Å². The summed E-state index contributed by atoms with van der Waals surface area (Å²) in [5.41, 5.74) is 0.466. The Labute approximate surface area is 117 Å². The maximum absolute atomic E-state index is 11.7. The van der Waals surface area contributed by atoms with Crippen LogP contribution in [-0.4, -0.2) is 30.9 Å². The molecule has 0 atom stereocenters. The first-order chi connectivity index (χ1) is 9.60. The fraction of sp³-hybridized carbons (Fsp3) is 0.357. The Morgan fingerprint density at radius 2 is 1.80 bits per heavy atom. The highest BCUT2D eigenvalue weighted by molar-refractivity contribution is 6.40. The van der Waals surface area contributed by atoms with Gasteiger partial charge in [0.15, 0.2) is 0 Å². The maximum Gasteiger partial charge on any atom is 0.340 e. The van der Waals surface area contributed by atoms with Gasteiger partial charge in [0.25, 0.3) is 0 Å². The SMILES string of the molecule is CCCNC(=O)C(=O)Nc1ccccc1C(=O)OCC. The van der Waals surface area contributed by atoms with Crippen LogP contribution in [0.5, 0.6) is 0 Å². The van der Waals surface area contributed by atoms with Gasteiger partial charge in [-0.05, 0) is 25.5 Å². The molecule has 2 N–H and O–H groups in total. The molecular formula is C14H18N2O4. The standard InChI is InChI=1S/C14H18N2O4/c1-3-9-15-12(17)13(18)16-11-8-6-5-7-10(11)14(19)20-4-2/h5-8H,3-4,9H2,1-2H3,(H,15,17)(H,16,18). The van der Waals surface area contributed by atoms with Crippen molar-refractivity contribution in [2.75, 3.05) is 18.5 Å². The van der Waals surface area contributed by atoms with Crippen LogP contribution in [0.25, 0.3) is 0 Å². The molecule has 0 saturated heterocycles. The van der Waals surface area contributed by atoms with E-state index >= 15 is 0 Å². The van der Waals surface area contributed by atoms with Crippen LogP contribution in [0.1, 0.15) is 30.6 Å². The van der Waals surface area contributed by atoms with Crippen LogP contribution in [0.2, 0.25) is 0 Å². The lowest BCUT2D eigenvalue weighted by atomic mass is 10.2. The summed E-state index contributed by atoms with van der Waals surface area (Å²) in [6.45, 7) is 4.23. The smallest absolute Gasteiger partial charge is 0.340 e. The molecule has 0 aromatic heterocycles. The summed E-state index contributed by atoms with van der Waals surface area (Å²) in [4.78, 5) is 34.9. The minimum atomic E-state index is -0.810. The van der Waals surface area contributed by atoms with Gasteiger partial charge >= 0.3 is 17.8 Å². The summed E-state index contributed by atoms with van der Waals surface area (Å²) in [7, 11) is 0. The number of carbonyl (C=O) groups excluding carboxylic acids is 3. The van der Waals surface area contributed by atoms with Crippen LogP contribution in [0, 0.1) is 0 Å². The zero-order valence-electron chi connectivity index (χ0n) is 11.6. The molecule has 6 nitrogen and oxygen atoms in total. The quantitative estimate of drug-likeness (QED) is 0.628. The Bertz CT molecular complexity index is 500. The lowest BCUT2D eigenvalue weighted by Crippen LogP contribution is -2.36. The second-order valence-electron chi connectivity index (χ2n) is 3.98. The van der Waals surface area contributed by atoms with Gasteiger partial charge in [-0.2, -0.15) is 0 Å². The number of amides is 2. The number of ether oxygens (including phenoxy) is 1. The summed E-state index contributed by atoms with van der Waals surface area (Å²) in [6.07, 6.45) is 0.735. The van der Waals surface area contributed by atoms with Gasteiger partial charge in [0.05, 0.1) is 17.9 Å². The fourth-order valence-electron chi connectivity index (χ4n) is 1.48. The van der Waals surface area contributed by atoms with E-state index in [1.165, 1.54) is 12.1 Å². The van der Waals surface area contributed by atoms with E-state index in [1.54, 1.807) is 19.1 Å². The van der Waals surface area contributed by atoms with Crippen molar-refractivity contribution < 1.29 is 19.1 Å². The zero-order chi connectivity index (χ0) is 15.0. The number of para-hydroxylation sites is 1. The summed E-state index contributed by atoms with van der Waals surface area (Å²) in [5.74, 6) is -2.09. The van der Waals surface area contributed by atoms with E-state index in [9.17, 15) is 14.4 Å². The largest absolute Gasteiger partial charge is 0.462 e. The summed E-state index contributed by atoms with van der Waals surface area (Å²) >= 11 is 0. The van der Waals surface area contributed by atoms with E-state index in [4.69, 9.17) is 4.74 Å². The third-order valence-corrected chi connectivity index (χ3v) is 2.41. The Morgan fingerprint density at radius 1 is 1.10 bits per heavy atom. The Morgan fingerprint density at radius 3 is 2.45 bits per heavy atom. The molecule has 108 valence electrons. The molecule has 0 unspecified atom stereocenters. The van der Waals surface area contributed by atoms with Crippen molar-refractivity contribution in [1.82, 2.24) is 5.32 Å². The van der Waals surface area contributed by atoms with Gasteiger partial charge in [-0.25, -0.2) is 4.79 Å². The van der Waals surface area contributed by atoms with Crippen LogP contribution in [0.15, 0.2) is 24.3 Å². The molecule has 0 heterocycles. The molecule has 1 rings (SSSR count). The normalized spacial score (nSPS) is 9.70. The van der Waals surface area contributed by atoms with Crippen molar-refractivity contribution in [2.45, 2.75) is 20.3 Å². The third-order valence-electron chi connectivity index (χ3n) is 2.41. The van der Waals surface area contributed by atoms with Gasteiger partial charge < -0.3 is 15.4 Å². The molecule has 20 heavy (non-hydrogen) atoms. The minimum absolute atomic E-state index is 0.214. The maximum atomic E-state index is 11.7. The van der Waals surface area contributed by atoms with E-state index in [0.29, 0.717) is 6.54 Å². The molecule has 1 aromatic rings. The highest BCUT2D eigenvalue weighted by atomic mass is 16.5. The Kier molecular flexibility index (Phi) is 6.22. The predicted octanol–water partition coefficient (Wildman–Crippen LogP) is 1.33. The van der Waals surface area contributed by atoms with Crippen molar-refractivity contribution in [3.8, 4) is 0 Å². The average Bonchev–Trinajstić information content (AvgIpc) is 2.45. The number of rotatable bonds is 5. The number of carbonyl (C=O) groups is 3. The van der Waals surface area contributed by atoms with Crippen LogP contribution >= 0.6 is 0 Å². The second-order valence-corrected chi connectivity index (χ2v) is 3.98. The summed E-state index contributed by atoms with van der Waals surface area (Å²) < 4.78 is 4.88. The molecule has 0 aliphatic heterocycles. The molecule has 2 amide bonds. The summed E-state index contributed by atoms with van der Waals surface area (Å²) in [6, 6.07) is 6.37. The predicted molar refractivity (Wildman–Crippen MR) is 74.3 cm³/mol. The van der Waals surface area contributed by atoms with Crippen molar-refractivity contribution in [3.63, 3.8) is 0 Å². The molecule has 0 radical (unpaired) electrons. The molecule has 0 fully saturated rings. The molecule has 6 heteroatoms. The van der Waals surface area contributed by atoms with E-state index in [-0.39, 0.29) is 17.9 Å². The highest BCUT2D eigenvalue weighted by Gasteiger charge is 2.17. The van der Waals surface area contributed by atoms with E-state index in [1.807, 2.05) is 6.92 Å². The van der Waals surface area contributed by atoms with Gasteiger partial charge in [0.1, 0.15) is 0 Å². The zero-order valence-corrected chi connectivity index (χ0v) is 11.6. The van der Waals surface area contributed by atoms with Crippen molar-refractivity contribution in [1.29, 1.82) is 0 Å². The highest BCUT2D eigenvalue weighted by Crippen LogP contribution is 2.16. The van der Waals surface area contributed by atoms with Crippen molar-refractivity contribution in [3.05, 3.63) is 29.8 Å². The van der Waals surface area contributed by atoms with Gasteiger partial charge in [0, 0.05) is 6.54 Å². The number of anilines is 1. The van der Waals surface area contributed by atoms with Crippen molar-refractivity contribution in [2.24, 2.45) is 0 Å². The summed E-state index contributed by atoms with van der Waals surface area (Å²) in [5, 5.41) is 4.87. The number of benzene rings is 1. The molecule has 0 bridgehead atoms. The lowest BCUT2D eigenvalue weighted by molar-refractivity contribution is -0.136. The molecule has 1 aromatic carbocycles. The molecule has 0 aliphatic carbocycles. The first kappa shape index (κ1) is 15.7. The van der Waals surface area contributed by atoms with Crippen LogP contribution in [0.3, 0.4) is 0 Å². The average molecular weight is 278 g/mol. The number of nitrogens with one attached hydrogen (secondary N) is 2. The second kappa shape index (κ2) is 7.93. The van der Waals surface area contributed by atoms with Crippen LogP contribution in [0.4, 0.5) is 5.69 Å².